The predicted octanol–water partition coefficient (Wildman–Crippen LogP) is 6.33. The fourth-order valence-corrected chi connectivity index (χ4v) is 3.64. The first kappa shape index (κ1) is 25.9. The Hall–Kier alpha value is -3.71. The number of benzene rings is 3. The van der Waals surface area contributed by atoms with E-state index in [-0.39, 0.29) is 16.9 Å². The highest BCUT2D eigenvalue weighted by molar-refractivity contribution is 7.80. The highest BCUT2D eigenvalue weighted by Gasteiger charge is 2.11. The Kier molecular flexibility index (Phi) is 9.80. The third-order valence-corrected chi connectivity index (χ3v) is 5.58. The number of aryl methyl sites for hydroxylation is 1. The van der Waals surface area contributed by atoms with E-state index in [4.69, 9.17) is 17.0 Å². The van der Waals surface area contributed by atoms with Crippen molar-refractivity contribution in [1.82, 2.24) is 5.32 Å². The Morgan fingerprint density at radius 2 is 1.54 bits per heavy atom. The van der Waals surface area contributed by atoms with Gasteiger partial charge in [0.15, 0.2) is 5.11 Å². The smallest absolute Gasteiger partial charge is 0.257 e. The maximum absolute atomic E-state index is 12.5. The topological polar surface area (TPSA) is 79.5 Å². The van der Waals surface area contributed by atoms with Gasteiger partial charge in [-0.2, -0.15) is 0 Å². The van der Waals surface area contributed by atoms with Gasteiger partial charge in [-0.05, 0) is 85.7 Å². The number of ether oxygens (including phenoxy) is 1. The molecule has 0 unspecified atom stereocenters. The Morgan fingerprint density at radius 3 is 2.23 bits per heavy atom. The summed E-state index contributed by atoms with van der Waals surface area (Å²) in [5, 5.41) is 8.80. The molecule has 0 fully saturated rings. The second-order valence-electron chi connectivity index (χ2n) is 8.19. The van der Waals surface area contributed by atoms with E-state index in [1.807, 2.05) is 31.2 Å². The minimum absolute atomic E-state index is 0.176. The van der Waals surface area contributed by atoms with Crippen LogP contribution in [0.4, 0.5) is 11.4 Å². The number of thiocarbonyl (C=S) groups is 1. The lowest BCUT2D eigenvalue weighted by molar-refractivity contribution is 0.0976. The highest BCUT2D eigenvalue weighted by Crippen LogP contribution is 2.21. The van der Waals surface area contributed by atoms with Crippen LogP contribution in [0.25, 0.3) is 0 Å². The molecule has 6 nitrogen and oxygen atoms in total. The van der Waals surface area contributed by atoms with E-state index >= 15 is 0 Å². The van der Waals surface area contributed by atoms with Crippen LogP contribution in [0.2, 0.25) is 0 Å². The van der Waals surface area contributed by atoms with Crippen LogP contribution in [0.1, 0.15) is 58.9 Å². The number of unbranched alkanes of at least 4 members (excludes halogenated alkanes) is 3. The molecule has 2 amide bonds. The second kappa shape index (κ2) is 13.2. The molecule has 0 saturated heterocycles. The monoisotopic (exact) mass is 489 g/mol. The minimum Gasteiger partial charge on any atom is -0.494 e. The van der Waals surface area contributed by atoms with Gasteiger partial charge in [-0.15, -0.1) is 0 Å². The summed E-state index contributed by atoms with van der Waals surface area (Å²) in [4.78, 5) is 24.9. The number of rotatable bonds is 10. The van der Waals surface area contributed by atoms with Gasteiger partial charge in [-0.3, -0.25) is 14.9 Å². The van der Waals surface area contributed by atoms with E-state index in [1.165, 1.54) is 12.8 Å². The minimum atomic E-state index is -0.305. The summed E-state index contributed by atoms with van der Waals surface area (Å²) in [6.07, 6.45) is 4.59. The number of anilines is 2. The Labute approximate surface area is 212 Å². The first-order chi connectivity index (χ1) is 17.0. The molecule has 3 aromatic rings. The maximum Gasteiger partial charge on any atom is 0.257 e. The average molecular weight is 490 g/mol. The summed E-state index contributed by atoms with van der Waals surface area (Å²) in [7, 11) is 0. The second-order valence-corrected chi connectivity index (χ2v) is 8.60. The van der Waals surface area contributed by atoms with Gasteiger partial charge in [-0.25, -0.2) is 0 Å². The van der Waals surface area contributed by atoms with E-state index in [0.29, 0.717) is 29.1 Å². The number of hydrogen-bond acceptors (Lipinski definition) is 4. The lowest BCUT2D eigenvalue weighted by Gasteiger charge is -2.13. The standard InChI is InChI=1S/C28H31N3O3S/c1-3-4-5-9-18-34-24-15-12-22(13-16-24)27(33)31-28(35)29-23-14-17-25(20(2)19-23)30-26(32)21-10-7-6-8-11-21/h6-8,10-17,19H,3-5,9,18H2,1-2H3,(H,30,32)(H2,29,31,33,35). The third kappa shape index (κ3) is 8.22. The van der Waals surface area contributed by atoms with Crippen molar-refractivity contribution in [2.45, 2.75) is 39.5 Å². The van der Waals surface area contributed by atoms with Gasteiger partial charge in [0, 0.05) is 22.5 Å². The lowest BCUT2D eigenvalue weighted by Crippen LogP contribution is -2.34. The quantitative estimate of drug-likeness (QED) is 0.229. The highest BCUT2D eigenvalue weighted by atomic mass is 32.1. The molecule has 0 radical (unpaired) electrons. The molecule has 0 bridgehead atoms. The van der Waals surface area contributed by atoms with E-state index in [0.717, 1.165) is 24.2 Å². The summed E-state index contributed by atoms with van der Waals surface area (Å²) >= 11 is 5.30. The fraction of sp³-hybridized carbons (Fsp3) is 0.250. The Morgan fingerprint density at radius 1 is 0.829 bits per heavy atom. The Balaban J connectivity index is 1.49. The number of amides is 2. The summed E-state index contributed by atoms with van der Waals surface area (Å²) in [5.41, 5.74) is 3.34. The van der Waals surface area contributed by atoms with Crippen LogP contribution in [0, 0.1) is 6.92 Å². The van der Waals surface area contributed by atoms with Crippen LogP contribution in [0.15, 0.2) is 72.8 Å². The summed E-state index contributed by atoms with van der Waals surface area (Å²) in [6, 6.07) is 21.5. The zero-order chi connectivity index (χ0) is 25.0. The van der Waals surface area contributed by atoms with Crippen LogP contribution < -0.4 is 20.7 Å². The zero-order valence-corrected chi connectivity index (χ0v) is 20.9. The normalized spacial score (nSPS) is 10.3. The molecule has 0 heterocycles. The van der Waals surface area contributed by atoms with Gasteiger partial charge >= 0.3 is 0 Å². The SMILES string of the molecule is CCCCCCOc1ccc(C(=O)NC(=S)Nc2ccc(NC(=O)c3ccccc3)c(C)c2)cc1. The molecule has 7 heteroatoms. The van der Waals surface area contributed by atoms with Gasteiger partial charge in [0.1, 0.15) is 5.75 Å². The number of carbonyl (C=O) groups excluding carboxylic acids is 2. The molecule has 3 N–H and O–H groups in total. The van der Waals surface area contributed by atoms with E-state index in [9.17, 15) is 9.59 Å². The molecule has 35 heavy (non-hydrogen) atoms. The van der Waals surface area contributed by atoms with E-state index < -0.39 is 0 Å². The molecule has 0 aliphatic carbocycles. The van der Waals surface area contributed by atoms with Crippen LogP contribution >= 0.6 is 12.2 Å². The van der Waals surface area contributed by atoms with Crippen molar-refractivity contribution in [1.29, 1.82) is 0 Å². The van der Waals surface area contributed by atoms with Gasteiger partial charge in [0.25, 0.3) is 11.8 Å². The van der Waals surface area contributed by atoms with Gasteiger partial charge in [-0.1, -0.05) is 44.4 Å². The number of nitrogens with one attached hydrogen (secondary N) is 3. The molecule has 182 valence electrons. The van der Waals surface area contributed by atoms with Gasteiger partial charge in [0.05, 0.1) is 6.61 Å². The molecule has 0 aliphatic rings. The van der Waals surface area contributed by atoms with Crippen molar-refractivity contribution in [2.75, 3.05) is 17.2 Å². The first-order valence-electron chi connectivity index (χ1n) is 11.8. The molecule has 3 rings (SSSR count). The summed E-state index contributed by atoms with van der Waals surface area (Å²) in [6.45, 7) is 4.74. The summed E-state index contributed by atoms with van der Waals surface area (Å²) < 4.78 is 5.72. The third-order valence-electron chi connectivity index (χ3n) is 5.38. The maximum atomic E-state index is 12.5. The van der Waals surface area contributed by atoms with Crippen molar-refractivity contribution in [3.8, 4) is 5.75 Å². The van der Waals surface area contributed by atoms with Gasteiger partial charge < -0.3 is 15.4 Å². The molecule has 0 saturated carbocycles. The predicted molar refractivity (Wildman–Crippen MR) is 145 cm³/mol. The molecule has 3 aromatic carbocycles. The lowest BCUT2D eigenvalue weighted by atomic mass is 10.1. The van der Waals surface area contributed by atoms with Crippen LogP contribution in [0.3, 0.4) is 0 Å². The number of hydrogen-bond donors (Lipinski definition) is 3. The van der Waals surface area contributed by atoms with Crippen molar-refractivity contribution < 1.29 is 14.3 Å². The molecule has 0 spiro atoms. The van der Waals surface area contributed by atoms with Crippen molar-refractivity contribution in [2.24, 2.45) is 0 Å². The fourth-order valence-electron chi connectivity index (χ4n) is 3.42. The molecule has 0 aliphatic heterocycles. The first-order valence-corrected chi connectivity index (χ1v) is 12.2. The zero-order valence-electron chi connectivity index (χ0n) is 20.1. The largest absolute Gasteiger partial charge is 0.494 e. The summed E-state index contributed by atoms with van der Waals surface area (Å²) in [5.74, 6) is 0.263. The number of carbonyl (C=O) groups is 2. The van der Waals surface area contributed by atoms with Crippen molar-refractivity contribution in [3.63, 3.8) is 0 Å². The van der Waals surface area contributed by atoms with E-state index in [2.05, 4.69) is 22.9 Å². The molecular weight excluding hydrogens is 458 g/mol. The van der Waals surface area contributed by atoms with Crippen LogP contribution in [-0.4, -0.2) is 23.5 Å². The Bertz CT molecular complexity index is 1150. The van der Waals surface area contributed by atoms with Crippen LogP contribution in [0.5, 0.6) is 5.75 Å². The van der Waals surface area contributed by atoms with E-state index in [1.54, 1.807) is 48.5 Å². The molecular formula is C28H31N3O3S. The molecule has 0 atom stereocenters. The van der Waals surface area contributed by atoms with Crippen molar-refractivity contribution >= 4 is 40.5 Å². The van der Waals surface area contributed by atoms with Gasteiger partial charge in [0.2, 0.25) is 0 Å². The molecule has 0 aromatic heterocycles. The van der Waals surface area contributed by atoms with Crippen LogP contribution in [-0.2, 0) is 0 Å². The van der Waals surface area contributed by atoms with Crippen molar-refractivity contribution in [3.05, 3.63) is 89.5 Å². The average Bonchev–Trinajstić information content (AvgIpc) is 2.86.